The average Bonchev–Trinajstić information content (AvgIpc) is 3.14. The Morgan fingerprint density at radius 2 is 1.67 bits per heavy atom. The van der Waals surface area contributed by atoms with Crippen molar-refractivity contribution < 1.29 is 14.2 Å². The van der Waals surface area contributed by atoms with Crippen molar-refractivity contribution in [3.05, 3.63) is 76.6 Å². The van der Waals surface area contributed by atoms with Crippen LogP contribution in [0.4, 0.5) is 0 Å². The molecule has 4 rings (SSSR count). The summed E-state index contributed by atoms with van der Waals surface area (Å²) in [7, 11) is 4.99. The molecule has 1 atom stereocenters. The molecule has 1 aliphatic heterocycles. The van der Waals surface area contributed by atoms with Crippen LogP contribution in [0.2, 0.25) is 5.02 Å². The van der Waals surface area contributed by atoms with Crippen molar-refractivity contribution in [2.75, 3.05) is 27.9 Å². The lowest BCUT2D eigenvalue weighted by Gasteiger charge is -2.32. The molecule has 0 saturated carbocycles. The van der Waals surface area contributed by atoms with Crippen LogP contribution >= 0.6 is 11.6 Å². The molecule has 0 amide bonds. The second kappa shape index (κ2) is 9.02. The van der Waals surface area contributed by atoms with Gasteiger partial charge in [0.05, 0.1) is 27.4 Å². The van der Waals surface area contributed by atoms with E-state index in [-0.39, 0.29) is 6.04 Å². The Bertz CT molecular complexity index is 1020. The maximum atomic E-state index is 6.26. The van der Waals surface area contributed by atoms with Crippen LogP contribution < -0.4 is 14.2 Å². The Hall–Kier alpha value is -2.63. The van der Waals surface area contributed by atoms with Gasteiger partial charge in [0.15, 0.2) is 11.5 Å². The molecule has 0 saturated heterocycles. The van der Waals surface area contributed by atoms with Crippen LogP contribution in [0, 0.1) is 0 Å². The van der Waals surface area contributed by atoms with Crippen LogP contribution in [-0.2, 0) is 13.1 Å². The molecule has 2 heterocycles. The lowest BCUT2D eigenvalue weighted by molar-refractivity contribution is 0.215. The molecule has 0 N–H and O–H groups in total. The highest BCUT2D eigenvalue weighted by Crippen LogP contribution is 2.43. The number of aromatic nitrogens is 1. The van der Waals surface area contributed by atoms with E-state index in [0.29, 0.717) is 11.5 Å². The highest BCUT2D eigenvalue weighted by atomic mass is 35.5. The number of ether oxygens (including phenoxy) is 3. The van der Waals surface area contributed by atoms with Crippen LogP contribution in [0.25, 0.3) is 0 Å². The minimum atomic E-state index is 0.0104. The quantitative estimate of drug-likeness (QED) is 0.545. The largest absolute Gasteiger partial charge is 0.496 e. The molecule has 0 bridgehead atoms. The zero-order valence-corrected chi connectivity index (χ0v) is 18.4. The first-order valence-electron chi connectivity index (χ1n) is 10.1. The standard InChI is InChI=1S/C24H27ClN2O3/c1-28-21-15-23(30-3)22(29-2)14-19(21)24-20-9-5-10-26(20)11-6-12-27(24)16-17-7-4-8-18(25)13-17/h4-5,7-10,13-15,24H,6,11-12,16H2,1-3H3. The highest BCUT2D eigenvalue weighted by Gasteiger charge is 2.31. The third-order valence-electron chi connectivity index (χ3n) is 5.66. The topological polar surface area (TPSA) is 35.9 Å². The molecule has 0 aliphatic carbocycles. The number of aryl methyl sites for hydroxylation is 1. The fourth-order valence-corrected chi connectivity index (χ4v) is 4.52. The minimum absolute atomic E-state index is 0.0104. The molecule has 5 nitrogen and oxygen atoms in total. The van der Waals surface area contributed by atoms with Gasteiger partial charge in [0.2, 0.25) is 0 Å². The van der Waals surface area contributed by atoms with E-state index in [1.807, 2.05) is 30.3 Å². The molecule has 30 heavy (non-hydrogen) atoms. The molecule has 1 aromatic heterocycles. The first-order chi connectivity index (χ1) is 14.6. The number of halogens is 1. The lowest BCUT2D eigenvalue weighted by atomic mass is 9.99. The summed E-state index contributed by atoms with van der Waals surface area (Å²) in [5.74, 6) is 2.13. The number of methoxy groups -OCH3 is 3. The van der Waals surface area contributed by atoms with Crippen molar-refractivity contribution >= 4 is 11.6 Å². The fourth-order valence-electron chi connectivity index (χ4n) is 4.30. The van der Waals surface area contributed by atoms with Crippen molar-refractivity contribution in [3.63, 3.8) is 0 Å². The van der Waals surface area contributed by atoms with Crippen molar-refractivity contribution in [1.29, 1.82) is 0 Å². The monoisotopic (exact) mass is 426 g/mol. The summed E-state index contributed by atoms with van der Waals surface area (Å²) in [6.45, 7) is 2.73. The van der Waals surface area contributed by atoms with E-state index in [1.54, 1.807) is 21.3 Å². The first-order valence-corrected chi connectivity index (χ1v) is 10.5. The summed E-state index contributed by atoms with van der Waals surface area (Å²) in [5.41, 5.74) is 3.48. The predicted molar refractivity (Wildman–Crippen MR) is 119 cm³/mol. The van der Waals surface area contributed by atoms with E-state index in [9.17, 15) is 0 Å². The fraction of sp³-hybridized carbons (Fsp3) is 0.333. The van der Waals surface area contributed by atoms with E-state index in [4.69, 9.17) is 25.8 Å². The molecule has 1 unspecified atom stereocenters. The molecule has 6 heteroatoms. The average molecular weight is 427 g/mol. The Morgan fingerprint density at radius 3 is 2.40 bits per heavy atom. The summed E-state index contributed by atoms with van der Waals surface area (Å²) in [5, 5.41) is 0.756. The SMILES string of the molecule is COc1cc(OC)c(C2c3cccn3CCCN2Cc2cccc(Cl)c2)cc1OC. The van der Waals surface area contributed by atoms with Gasteiger partial charge in [-0.05, 0) is 42.3 Å². The van der Waals surface area contributed by atoms with Crippen LogP contribution in [0.1, 0.15) is 29.3 Å². The zero-order valence-electron chi connectivity index (χ0n) is 17.6. The lowest BCUT2D eigenvalue weighted by Crippen LogP contribution is -2.30. The van der Waals surface area contributed by atoms with Crippen LogP contribution in [-0.4, -0.2) is 37.3 Å². The van der Waals surface area contributed by atoms with Gasteiger partial charge in [-0.15, -0.1) is 0 Å². The Labute approximate surface area is 182 Å². The molecule has 1 aliphatic rings. The van der Waals surface area contributed by atoms with Gasteiger partial charge in [-0.25, -0.2) is 0 Å². The van der Waals surface area contributed by atoms with E-state index < -0.39 is 0 Å². The van der Waals surface area contributed by atoms with Gasteiger partial charge in [0.25, 0.3) is 0 Å². The van der Waals surface area contributed by atoms with E-state index in [2.05, 4.69) is 33.9 Å². The maximum Gasteiger partial charge on any atom is 0.164 e. The van der Waals surface area contributed by atoms with Crippen molar-refractivity contribution in [1.82, 2.24) is 9.47 Å². The van der Waals surface area contributed by atoms with E-state index in [0.717, 1.165) is 42.4 Å². The minimum Gasteiger partial charge on any atom is -0.496 e. The zero-order chi connectivity index (χ0) is 21.1. The van der Waals surface area contributed by atoms with Crippen molar-refractivity contribution in [2.24, 2.45) is 0 Å². The van der Waals surface area contributed by atoms with E-state index in [1.165, 1.54) is 11.3 Å². The van der Waals surface area contributed by atoms with Gasteiger partial charge < -0.3 is 18.8 Å². The Kier molecular flexibility index (Phi) is 6.21. The number of nitrogens with zero attached hydrogens (tertiary/aromatic N) is 2. The number of hydrogen-bond acceptors (Lipinski definition) is 4. The summed E-state index contributed by atoms with van der Waals surface area (Å²) in [6, 6.07) is 16.3. The summed E-state index contributed by atoms with van der Waals surface area (Å²) in [4.78, 5) is 2.48. The van der Waals surface area contributed by atoms with Gasteiger partial charge in [-0.2, -0.15) is 0 Å². The van der Waals surface area contributed by atoms with Crippen LogP contribution in [0.3, 0.4) is 0 Å². The number of benzene rings is 2. The molecular weight excluding hydrogens is 400 g/mol. The molecule has 2 aromatic carbocycles. The number of hydrogen-bond donors (Lipinski definition) is 0. The maximum absolute atomic E-state index is 6.26. The van der Waals surface area contributed by atoms with Gasteiger partial charge in [0, 0.05) is 48.2 Å². The summed E-state index contributed by atoms with van der Waals surface area (Å²) < 4.78 is 19.2. The molecule has 158 valence electrons. The first kappa shape index (κ1) is 20.6. The van der Waals surface area contributed by atoms with Gasteiger partial charge in [-0.1, -0.05) is 23.7 Å². The molecule has 0 spiro atoms. The Morgan fingerprint density at radius 1 is 0.900 bits per heavy atom. The van der Waals surface area contributed by atoms with Crippen LogP contribution in [0.15, 0.2) is 54.7 Å². The third kappa shape index (κ3) is 4.00. The Balaban J connectivity index is 1.84. The summed E-state index contributed by atoms with van der Waals surface area (Å²) in [6.07, 6.45) is 3.22. The second-order valence-electron chi connectivity index (χ2n) is 7.43. The van der Waals surface area contributed by atoms with E-state index >= 15 is 0 Å². The number of fused-ring (bicyclic) bond motifs is 1. The molecule has 0 radical (unpaired) electrons. The molecule has 3 aromatic rings. The smallest absolute Gasteiger partial charge is 0.164 e. The predicted octanol–water partition coefficient (Wildman–Crippen LogP) is 5.16. The van der Waals surface area contributed by atoms with Crippen molar-refractivity contribution in [3.8, 4) is 17.2 Å². The normalized spacial score (nSPS) is 16.6. The third-order valence-corrected chi connectivity index (χ3v) is 5.89. The van der Waals surface area contributed by atoms with Gasteiger partial charge in [-0.3, -0.25) is 4.90 Å². The van der Waals surface area contributed by atoms with Gasteiger partial charge in [0.1, 0.15) is 5.75 Å². The molecular formula is C24H27ClN2O3. The molecule has 0 fully saturated rings. The summed E-state index contributed by atoms with van der Waals surface area (Å²) >= 11 is 6.26. The van der Waals surface area contributed by atoms with Gasteiger partial charge >= 0.3 is 0 Å². The number of rotatable bonds is 6. The van der Waals surface area contributed by atoms with Crippen molar-refractivity contribution in [2.45, 2.75) is 25.6 Å². The highest BCUT2D eigenvalue weighted by molar-refractivity contribution is 6.30. The van der Waals surface area contributed by atoms with Crippen LogP contribution in [0.5, 0.6) is 17.2 Å². The second-order valence-corrected chi connectivity index (χ2v) is 7.87.